The Morgan fingerprint density at radius 2 is 1.63 bits per heavy atom. The lowest BCUT2D eigenvalue weighted by Gasteiger charge is -2.32. The fourth-order valence-electron chi connectivity index (χ4n) is 4.02. The van der Waals surface area contributed by atoms with Gasteiger partial charge in [0, 0.05) is 19.1 Å². The van der Waals surface area contributed by atoms with Crippen molar-refractivity contribution in [2.75, 3.05) is 31.3 Å². The van der Waals surface area contributed by atoms with Gasteiger partial charge in [-0.05, 0) is 55.8 Å². The maximum absolute atomic E-state index is 12.5. The maximum atomic E-state index is 12.5. The van der Waals surface area contributed by atoms with Crippen molar-refractivity contribution < 1.29 is 24.1 Å². The molecule has 0 saturated carbocycles. The molecule has 0 unspecified atom stereocenters. The third kappa shape index (κ3) is 6.12. The second-order valence-corrected chi connectivity index (χ2v) is 8.42. The van der Waals surface area contributed by atoms with E-state index < -0.39 is 6.10 Å². The van der Waals surface area contributed by atoms with Gasteiger partial charge in [-0.2, -0.15) is 0 Å². The standard InChI is InChI=1S/C28H32N2O5/c1-3-33-27(28(32)29-20(2)19-31)18-21-12-14-22(15-13-21)34-17-16-30-23-8-4-6-10-25(23)35-26-11-7-5-9-24(26)30/h4-15,20,27,31H,3,16-19H2,1-2H3,(H,29,32)/t20-,27+/m0/s1. The highest BCUT2D eigenvalue weighted by molar-refractivity contribution is 5.81. The van der Waals surface area contributed by atoms with Crippen molar-refractivity contribution in [2.24, 2.45) is 0 Å². The van der Waals surface area contributed by atoms with Gasteiger partial charge in [-0.15, -0.1) is 0 Å². The largest absolute Gasteiger partial charge is 0.492 e. The number of ether oxygens (including phenoxy) is 3. The number of benzene rings is 3. The summed E-state index contributed by atoms with van der Waals surface area (Å²) in [5.74, 6) is 2.20. The highest BCUT2D eigenvalue weighted by atomic mass is 16.5. The number of hydrogen-bond acceptors (Lipinski definition) is 6. The summed E-state index contributed by atoms with van der Waals surface area (Å²) in [5, 5.41) is 12.0. The summed E-state index contributed by atoms with van der Waals surface area (Å²) >= 11 is 0. The van der Waals surface area contributed by atoms with E-state index >= 15 is 0 Å². The monoisotopic (exact) mass is 476 g/mol. The van der Waals surface area contributed by atoms with Crippen LogP contribution in [0, 0.1) is 0 Å². The molecule has 0 aromatic heterocycles. The van der Waals surface area contributed by atoms with Gasteiger partial charge in [0.1, 0.15) is 18.5 Å². The number of carbonyl (C=O) groups is 1. The topological polar surface area (TPSA) is 80.3 Å². The first-order chi connectivity index (χ1) is 17.1. The summed E-state index contributed by atoms with van der Waals surface area (Å²) in [6.07, 6.45) is -0.165. The first kappa shape index (κ1) is 24.6. The summed E-state index contributed by atoms with van der Waals surface area (Å²) in [6.45, 7) is 5.08. The Morgan fingerprint density at radius 3 is 2.23 bits per heavy atom. The Bertz CT molecular complexity index is 1070. The van der Waals surface area contributed by atoms with E-state index in [-0.39, 0.29) is 18.6 Å². The minimum absolute atomic E-state index is 0.113. The van der Waals surface area contributed by atoms with Crippen molar-refractivity contribution in [1.82, 2.24) is 5.32 Å². The summed E-state index contributed by atoms with van der Waals surface area (Å²) in [6, 6.07) is 23.4. The summed E-state index contributed by atoms with van der Waals surface area (Å²) in [5.41, 5.74) is 3.00. The number of carbonyl (C=O) groups excluding carboxylic acids is 1. The van der Waals surface area contributed by atoms with Crippen molar-refractivity contribution in [3.8, 4) is 17.2 Å². The average molecular weight is 477 g/mol. The van der Waals surface area contributed by atoms with Crippen molar-refractivity contribution in [1.29, 1.82) is 0 Å². The zero-order valence-corrected chi connectivity index (χ0v) is 20.1. The van der Waals surface area contributed by atoms with Crippen LogP contribution < -0.4 is 19.7 Å². The Hall–Kier alpha value is -3.55. The highest BCUT2D eigenvalue weighted by Gasteiger charge is 2.24. The van der Waals surface area contributed by atoms with Crippen molar-refractivity contribution in [3.63, 3.8) is 0 Å². The molecule has 1 heterocycles. The molecule has 4 rings (SSSR count). The lowest BCUT2D eigenvalue weighted by molar-refractivity contribution is -0.133. The predicted octanol–water partition coefficient (Wildman–Crippen LogP) is 4.45. The number of anilines is 2. The number of fused-ring (bicyclic) bond motifs is 2. The molecule has 1 aliphatic rings. The van der Waals surface area contributed by atoms with Gasteiger partial charge in [-0.3, -0.25) is 4.79 Å². The molecular formula is C28H32N2O5. The Morgan fingerprint density at radius 1 is 1.00 bits per heavy atom. The van der Waals surface area contributed by atoms with Crippen LogP contribution in [0.4, 0.5) is 11.4 Å². The minimum Gasteiger partial charge on any atom is -0.492 e. The van der Waals surface area contributed by atoms with Crippen LogP contribution in [0.2, 0.25) is 0 Å². The van der Waals surface area contributed by atoms with Gasteiger partial charge in [0.25, 0.3) is 0 Å². The molecule has 3 aromatic carbocycles. The van der Waals surface area contributed by atoms with Crippen LogP contribution >= 0.6 is 0 Å². The predicted molar refractivity (Wildman–Crippen MR) is 136 cm³/mol. The van der Waals surface area contributed by atoms with Crippen molar-refractivity contribution in [2.45, 2.75) is 32.4 Å². The molecule has 0 radical (unpaired) electrons. The number of aliphatic hydroxyl groups excluding tert-OH is 1. The highest BCUT2D eigenvalue weighted by Crippen LogP contribution is 2.45. The van der Waals surface area contributed by atoms with Crippen LogP contribution in [0.15, 0.2) is 72.8 Å². The smallest absolute Gasteiger partial charge is 0.249 e. The lowest BCUT2D eigenvalue weighted by Crippen LogP contribution is -2.43. The molecule has 0 aliphatic carbocycles. The van der Waals surface area contributed by atoms with Crippen molar-refractivity contribution in [3.05, 3.63) is 78.4 Å². The van der Waals surface area contributed by atoms with Crippen molar-refractivity contribution >= 4 is 17.3 Å². The number of para-hydroxylation sites is 4. The zero-order chi connectivity index (χ0) is 24.6. The molecule has 7 nitrogen and oxygen atoms in total. The number of hydrogen-bond donors (Lipinski definition) is 2. The average Bonchev–Trinajstić information content (AvgIpc) is 2.88. The first-order valence-electron chi connectivity index (χ1n) is 12.0. The van der Waals surface area contributed by atoms with E-state index in [0.29, 0.717) is 26.2 Å². The fraction of sp³-hybridized carbons (Fsp3) is 0.321. The van der Waals surface area contributed by atoms with Crippen LogP contribution in [0.1, 0.15) is 19.4 Å². The molecule has 7 heteroatoms. The van der Waals surface area contributed by atoms with E-state index in [2.05, 4.69) is 10.2 Å². The van der Waals surface area contributed by atoms with E-state index in [4.69, 9.17) is 14.2 Å². The van der Waals surface area contributed by atoms with E-state index in [1.165, 1.54) is 0 Å². The van der Waals surface area contributed by atoms with Gasteiger partial charge in [-0.25, -0.2) is 0 Å². The van der Waals surface area contributed by atoms with E-state index in [9.17, 15) is 9.90 Å². The van der Waals surface area contributed by atoms with E-state index in [0.717, 1.165) is 34.2 Å². The number of rotatable bonds is 11. The molecule has 0 fully saturated rings. The van der Waals surface area contributed by atoms with Gasteiger partial charge in [0.05, 0.1) is 24.5 Å². The minimum atomic E-state index is -0.609. The summed E-state index contributed by atoms with van der Waals surface area (Å²) in [7, 11) is 0. The molecule has 2 N–H and O–H groups in total. The Kier molecular flexibility index (Phi) is 8.23. The van der Waals surface area contributed by atoms with E-state index in [1.807, 2.05) is 79.7 Å². The molecule has 1 aliphatic heterocycles. The summed E-state index contributed by atoms with van der Waals surface area (Å²) in [4.78, 5) is 14.7. The quantitative estimate of drug-likeness (QED) is 0.426. The summed E-state index contributed by atoms with van der Waals surface area (Å²) < 4.78 is 17.7. The number of amides is 1. The fourth-order valence-corrected chi connectivity index (χ4v) is 4.02. The Labute approximate surface area is 206 Å². The zero-order valence-electron chi connectivity index (χ0n) is 20.1. The number of nitrogens with zero attached hydrogens (tertiary/aromatic N) is 1. The number of nitrogens with one attached hydrogen (secondary N) is 1. The maximum Gasteiger partial charge on any atom is 0.249 e. The second-order valence-electron chi connectivity index (χ2n) is 8.42. The van der Waals surface area contributed by atoms with Gasteiger partial charge in [-0.1, -0.05) is 36.4 Å². The van der Waals surface area contributed by atoms with E-state index in [1.54, 1.807) is 6.92 Å². The lowest BCUT2D eigenvalue weighted by atomic mass is 10.1. The number of aliphatic hydroxyl groups is 1. The Balaban J connectivity index is 1.36. The van der Waals surface area contributed by atoms with Gasteiger partial charge >= 0.3 is 0 Å². The third-order valence-corrected chi connectivity index (χ3v) is 5.78. The van der Waals surface area contributed by atoms with Gasteiger partial charge < -0.3 is 29.5 Å². The van der Waals surface area contributed by atoms with Crippen LogP contribution in [-0.4, -0.2) is 49.5 Å². The molecular weight excluding hydrogens is 444 g/mol. The molecule has 0 bridgehead atoms. The van der Waals surface area contributed by atoms with Gasteiger partial charge in [0.15, 0.2) is 11.5 Å². The second kappa shape index (κ2) is 11.7. The third-order valence-electron chi connectivity index (χ3n) is 5.78. The molecule has 2 atom stereocenters. The van der Waals surface area contributed by atoms with Crippen LogP contribution in [-0.2, 0) is 16.0 Å². The normalized spacial score (nSPS) is 13.7. The van der Waals surface area contributed by atoms with Crippen LogP contribution in [0.25, 0.3) is 0 Å². The molecule has 0 saturated heterocycles. The van der Waals surface area contributed by atoms with Gasteiger partial charge in [0.2, 0.25) is 5.91 Å². The molecule has 184 valence electrons. The molecule has 35 heavy (non-hydrogen) atoms. The molecule has 0 spiro atoms. The molecule has 1 amide bonds. The van der Waals surface area contributed by atoms with Crippen LogP contribution in [0.3, 0.4) is 0 Å². The SMILES string of the molecule is CCO[C@H](Cc1ccc(OCCN2c3ccccc3Oc3ccccc32)cc1)C(=O)N[C@@H](C)CO. The first-order valence-corrected chi connectivity index (χ1v) is 12.0. The van der Waals surface area contributed by atoms with Crippen LogP contribution in [0.5, 0.6) is 17.2 Å². The molecule has 3 aromatic rings.